The van der Waals surface area contributed by atoms with Gasteiger partial charge < -0.3 is 4.90 Å². The van der Waals surface area contributed by atoms with Gasteiger partial charge in [0, 0.05) is 29.8 Å². The fourth-order valence-corrected chi connectivity index (χ4v) is 4.39. The van der Waals surface area contributed by atoms with Gasteiger partial charge in [0.15, 0.2) is 5.69 Å². The van der Waals surface area contributed by atoms with Gasteiger partial charge in [0.2, 0.25) is 0 Å². The molecule has 0 fully saturated rings. The number of hydrogen-bond acceptors (Lipinski definition) is 5. The van der Waals surface area contributed by atoms with E-state index >= 15 is 0 Å². The normalized spacial score (nSPS) is 16.9. The van der Waals surface area contributed by atoms with E-state index in [1.807, 2.05) is 18.4 Å². The summed E-state index contributed by atoms with van der Waals surface area (Å²) in [6, 6.07) is 4.70. The lowest BCUT2D eigenvalue weighted by atomic mass is 10.0. The minimum atomic E-state index is -0.529. The summed E-state index contributed by atoms with van der Waals surface area (Å²) in [5.74, 6) is -0.238. The van der Waals surface area contributed by atoms with E-state index in [-0.39, 0.29) is 33.9 Å². The number of nitro groups is 1. The Morgan fingerprint density at radius 3 is 3.04 bits per heavy atom. The molecule has 1 amide bonds. The van der Waals surface area contributed by atoms with Gasteiger partial charge in [-0.15, -0.1) is 11.3 Å². The number of carbonyl (C=O) groups excluding carboxylic acids is 1. The number of amides is 1. The number of halogens is 1. The first-order chi connectivity index (χ1) is 12.0. The first kappa shape index (κ1) is 16.0. The van der Waals surface area contributed by atoms with Crippen molar-refractivity contribution < 1.29 is 9.72 Å². The van der Waals surface area contributed by atoms with Crippen LogP contribution in [0.4, 0.5) is 5.69 Å². The van der Waals surface area contributed by atoms with Crippen LogP contribution in [0, 0.1) is 10.1 Å². The average molecular weight is 377 g/mol. The van der Waals surface area contributed by atoms with E-state index in [0.29, 0.717) is 6.54 Å². The van der Waals surface area contributed by atoms with E-state index in [0.717, 1.165) is 12.0 Å². The minimum Gasteiger partial charge on any atom is -0.330 e. The Balaban J connectivity index is 1.74. The van der Waals surface area contributed by atoms with Crippen LogP contribution in [0.5, 0.6) is 0 Å². The van der Waals surface area contributed by atoms with E-state index in [4.69, 9.17) is 11.6 Å². The Bertz CT molecular complexity index is 1010. The largest absolute Gasteiger partial charge is 0.330 e. The van der Waals surface area contributed by atoms with E-state index < -0.39 is 4.92 Å². The predicted octanol–water partition coefficient (Wildman–Crippen LogP) is 3.72. The molecule has 0 saturated carbocycles. The lowest BCUT2D eigenvalue weighted by Crippen LogP contribution is -2.38. The molecule has 9 heteroatoms. The molecule has 1 aliphatic rings. The molecule has 1 unspecified atom stereocenters. The van der Waals surface area contributed by atoms with Crippen LogP contribution in [-0.4, -0.2) is 31.9 Å². The summed E-state index contributed by atoms with van der Waals surface area (Å²) in [5.41, 5.74) is 1.41. The van der Waals surface area contributed by atoms with E-state index in [9.17, 15) is 14.9 Å². The number of hydrogen-bond donors (Lipinski definition) is 0. The molecule has 4 heterocycles. The average Bonchev–Trinajstić information content (AvgIpc) is 3.20. The molecule has 0 radical (unpaired) electrons. The highest BCUT2D eigenvalue weighted by Gasteiger charge is 2.31. The van der Waals surface area contributed by atoms with Crippen molar-refractivity contribution in [1.82, 2.24) is 14.5 Å². The lowest BCUT2D eigenvalue weighted by molar-refractivity contribution is -0.383. The SMILES string of the molecule is CC1c2ccsc2CCN1C(=O)c1cc2c([N+](=O)[O-])cc(Cl)cn2n1. The van der Waals surface area contributed by atoms with Crippen molar-refractivity contribution >= 4 is 40.0 Å². The van der Waals surface area contributed by atoms with Crippen molar-refractivity contribution in [3.8, 4) is 0 Å². The van der Waals surface area contributed by atoms with Gasteiger partial charge in [-0.05, 0) is 30.4 Å². The maximum atomic E-state index is 12.9. The van der Waals surface area contributed by atoms with Crippen molar-refractivity contribution in [3.63, 3.8) is 0 Å². The third kappa shape index (κ3) is 2.58. The first-order valence-corrected chi connectivity index (χ1v) is 8.92. The Labute approximate surface area is 151 Å². The minimum absolute atomic E-state index is 0.0501. The first-order valence-electron chi connectivity index (χ1n) is 7.66. The van der Waals surface area contributed by atoms with Crippen molar-refractivity contribution in [3.05, 3.63) is 61.0 Å². The van der Waals surface area contributed by atoms with Crippen LogP contribution in [0.15, 0.2) is 29.8 Å². The van der Waals surface area contributed by atoms with Crippen LogP contribution < -0.4 is 0 Å². The van der Waals surface area contributed by atoms with Crippen LogP contribution in [0.1, 0.15) is 33.9 Å². The molecule has 128 valence electrons. The van der Waals surface area contributed by atoms with Gasteiger partial charge in [0.25, 0.3) is 11.6 Å². The van der Waals surface area contributed by atoms with Crippen LogP contribution in [0.3, 0.4) is 0 Å². The number of carbonyl (C=O) groups is 1. The summed E-state index contributed by atoms with van der Waals surface area (Å²) >= 11 is 7.61. The third-order valence-electron chi connectivity index (χ3n) is 4.47. The molecule has 0 aromatic carbocycles. The Kier molecular flexibility index (Phi) is 3.73. The van der Waals surface area contributed by atoms with Crippen LogP contribution >= 0.6 is 22.9 Å². The molecule has 4 rings (SSSR count). The fourth-order valence-electron chi connectivity index (χ4n) is 3.23. The van der Waals surface area contributed by atoms with Gasteiger partial charge in [0.05, 0.1) is 16.0 Å². The standard InChI is InChI=1S/C16H13ClN4O3S/c1-9-11-3-5-25-15(11)2-4-19(9)16(22)12-7-13-14(21(23)24)6-10(17)8-20(13)18-12/h3,5-9H,2,4H2,1H3. The number of nitrogens with zero attached hydrogens (tertiary/aromatic N) is 4. The molecule has 7 nitrogen and oxygen atoms in total. The molecule has 0 saturated heterocycles. The maximum absolute atomic E-state index is 12.9. The van der Waals surface area contributed by atoms with Crippen LogP contribution in [0.2, 0.25) is 5.02 Å². The second-order valence-electron chi connectivity index (χ2n) is 5.88. The zero-order valence-corrected chi connectivity index (χ0v) is 14.8. The molecule has 3 aromatic heterocycles. The summed E-state index contributed by atoms with van der Waals surface area (Å²) in [5, 5.41) is 17.7. The highest BCUT2D eigenvalue weighted by molar-refractivity contribution is 7.10. The fraction of sp³-hybridized carbons (Fsp3) is 0.250. The molecule has 0 aliphatic carbocycles. The van der Waals surface area contributed by atoms with Gasteiger partial charge in [-0.2, -0.15) is 5.10 Å². The maximum Gasteiger partial charge on any atom is 0.296 e. The summed E-state index contributed by atoms with van der Waals surface area (Å²) in [4.78, 5) is 26.7. The van der Waals surface area contributed by atoms with Crippen LogP contribution in [0.25, 0.3) is 5.52 Å². The molecule has 0 N–H and O–H groups in total. The van der Waals surface area contributed by atoms with Gasteiger partial charge in [0.1, 0.15) is 5.52 Å². The smallest absolute Gasteiger partial charge is 0.296 e. The molecular formula is C16H13ClN4O3S. The number of fused-ring (bicyclic) bond motifs is 2. The topological polar surface area (TPSA) is 80.8 Å². The zero-order valence-electron chi connectivity index (χ0n) is 13.2. The zero-order chi connectivity index (χ0) is 17.7. The van der Waals surface area contributed by atoms with Crippen LogP contribution in [-0.2, 0) is 6.42 Å². The lowest BCUT2D eigenvalue weighted by Gasteiger charge is -2.33. The summed E-state index contributed by atoms with van der Waals surface area (Å²) in [6.07, 6.45) is 2.26. The van der Waals surface area contributed by atoms with Crippen molar-refractivity contribution in [2.75, 3.05) is 6.54 Å². The highest BCUT2D eigenvalue weighted by atomic mass is 35.5. The molecule has 3 aromatic rings. The Hall–Kier alpha value is -2.45. The molecular weight excluding hydrogens is 364 g/mol. The van der Waals surface area contributed by atoms with E-state index in [2.05, 4.69) is 5.10 Å². The molecule has 0 bridgehead atoms. The molecule has 1 aliphatic heterocycles. The number of thiophene rings is 1. The van der Waals surface area contributed by atoms with Gasteiger partial charge in [-0.1, -0.05) is 11.6 Å². The summed E-state index contributed by atoms with van der Waals surface area (Å²) in [6.45, 7) is 2.59. The predicted molar refractivity (Wildman–Crippen MR) is 94.3 cm³/mol. The monoisotopic (exact) mass is 376 g/mol. The quantitative estimate of drug-likeness (QED) is 0.504. The van der Waals surface area contributed by atoms with E-state index in [1.54, 1.807) is 16.2 Å². The number of pyridine rings is 1. The Morgan fingerprint density at radius 1 is 1.48 bits per heavy atom. The molecule has 0 spiro atoms. The van der Waals surface area contributed by atoms with E-state index in [1.165, 1.54) is 27.7 Å². The highest BCUT2D eigenvalue weighted by Crippen LogP contribution is 2.34. The molecule has 25 heavy (non-hydrogen) atoms. The van der Waals surface area contributed by atoms with Crippen molar-refractivity contribution in [2.24, 2.45) is 0 Å². The number of aromatic nitrogens is 2. The van der Waals surface area contributed by atoms with Crippen molar-refractivity contribution in [2.45, 2.75) is 19.4 Å². The second-order valence-corrected chi connectivity index (χ2v) is 7.32. The number of rotatable bonds is 2. The summed E-state index contributed by atoms with van der Waals surface area (Å²) in [7, 11) is 0. The van der Waals surface area contributed by atoms with Gasteiger partial charge in [-0.25, -0.2) is 4.52 Å². The summed E-state index contributed by atoms with van der Waals surface area (Å²) < 4.78 is 1.29. The van der Waals surface area contributed by atoms with Crippen molar-refractivity contribution in [1.29, 1.82) is 0 Å². The Morgan fingerprint density at radius 2 is 2.28 bits per heavy atom. The molecule has 1 atom stereocenters. The van der Waals surface area contributed by atoms with Gasteiger partial charge >= 0.3 is 0 Å². The second kappa shape index (κ2) is 5.82. The van der Waals surface area contributed by atoms with Gasteiger partial charge in [-0.3, -0.25) is 14.9 Å². The third-order valence-corrected chi connectivity index (χ3v) is 5.68.